The van der Waals surface area contributed by atoms with E-state index in [-0.39, 0.29) is 24.8 Å². The van der Waals surface area contributed by atoms with Crippen LogP contribution in [0.3, 0.4) is 0 Å². The fourth-order valence-corrected chi connectivity index (χ4v) is 2.38. The molecule has 0 saturated carbocycles. The van der Waals surface area contributed by atoms with Gasteiger partial charge in [0.15, 0.2) is 0 Å². The lowest BCUT2D eigenvalue weighted by Gasteiger charge is -2.13. The molecule has 0 aliphatic heterocycles. The number of rotatable bonds is 7. The van der Waals surface area contributed by atoms with Gasteiger partial charge in [0, 0.05) is 25.4 Å². The molecule has 0 unspecified atom stereocenters. The highest BCUT2D eigenvalue weighted by Crippen LogP contribution is 2.21. The van der Waals surface area contributed by atoms with Crippen LogP contribution in [-0.2, 0) is 13.0 Å². The van der Waals surface area contributed by atoms with Gasteiger partial charge in [-0.2, -0.15) is 0 Å². The number of aromatic nitrogens is 2. The number of aryl methyl sites for hydroxylation is 3. The average Bonchev–Trinajstić information content (AvgIpc) is 2.94. The quantitative estimate of drug-likeness (QED) is 0.753. The van der Waals surface area contributed by atoms with Crippen molar-refractivity contribution in [1.82, 2.24) is 15.3 Å². The second kappa shape index (κ2) is 10.5. The third-order valence-electron chi connectivity index (χ3n) is 3.53. The van der Waals surface area contributed by atoms with E-state index in [9.17, 15) is 0 Å². The largest absolute Gasteiger partial charge is 0.497 e. The molecule has 0 radical (unpaired) electrons. The van der Waals surface area contributed by atoms with Crippen LogP contribution in [0.4, 0.5) is 0 Å². The molecule has 0 aliphatic carbocycles. The fraction of sp³-hybridized carbons (Fsp3) is 0.438. The van der Waals surface area contributed by atoms with E-state index in [1.165, 1.54) is 16.7 Å². The highest BCUT2D eigenvalue weighted by atomic mass is 35.5. The fourth-order valence-electron chi connectivity index (χ4n) is 2.38. The van der Waals surface area contributed by atoms with E-state index in [2.05, 4.69) is 41.3 Å². The Balaban J connectivity index is 0.00000220. The number of methoxy groups -OCH3 is 1. The standard InChI is InChI=1S/C16H23N3O.2ClH/c1-12-9-14(20-3)10-13(2)15(12)11-17-6-4-5-16-18-7-8-19-16;;/h7-10,17H,4-6,11H2,1-3H3,(H,18,19);2*1H. The summed E-state index contributed by atoms with van der Waals surface area (Å²) in [5.74, 6) is 1.99. The molecule has 2 rings (SSSR count). The minimum Gasteiger partial charge on any atom is -0.497 e. The number of H-pyrrole nitrogens is 1. The first-order chi connectivity index (χ1) is 9.70. The summed E-state index contributed by atoms with van der Waals surface area (Å²) in [5.41, 5.74) is 3.92. The number of imidazole rings is 1. The first-order valence-electron chi connectivity index (χ1n) is 7.04. The molecule has 0 bridgehead atoms. The normalized spacial score (nSPS) is 9.77. The molecule has 1 aromatic carbocycles. The molecule has 0 atom stereocenters. The van der Waals surface area contributed by atoms with Crippen molar-refractivity contribution in [3.8, 4) is 5.75 Å². The Kier molecular flexibility index (Phi) is 9.90. The summed E-state index contributed by atoms with van der Waals surface area (Å²) in [4.78, 5) is 7.35. The summed E-state index contributed by atoms with van der Waals surface area (Å²) in [5, 5.41) is 3.50. The summed E-state index contributed by atoms with van der Waals surface area (Å²) in [7, 11) is 1.71. The molecule has 124 valence electrons. The van der Waals surface area contributed by atoms with Crippen LogP contribution < -0.4 is 10.1 Å². The van der Waals surface area contributed by atoms with Crippen molar-refractivity contribution in [2.24, 2.45) is 0 Å². The number of nitrogens with one attached hydrogen (secondary N) is 2. The van der Waals surface area contributed by atoms with Gasteiger partial charge in [0.1, 0.15) is 11.6 Å². The molecular formula is C16H25Cl2N3O. The van der Waals surface area contributed by atoms with Gasteiger partial charge in [0.25, 0.3) is 0 Å². The van der Waals surface area contributed by atoms with Gasteiger partial charge in [-0.15, -0.1) is 24.8 Å². The Morgan fingerprint density at radius 3 is 2.41 bits per heavy atom. The average molecular weight is 346 g/mol. The molecule has 1 aromatic heterocycles. The van der Waals surface area contributed by atoms with Gasteiger partial charge < -0.3 is 15.0 Å². The van der Waals surface area contributed by atoms with Crippen molar-refractivity contribution in [2.45, 2.75) is 33.2 Å². The van der Waals surface area contributed by atoms with E-state index in [1.54, 1.807) is 13.3 Å². The van der Waals surface area contributed by atoms with Gasteiger partial charge in [-0.3, -0.25) is 0 Å². The SMILES string of the molecule is COc1cc(C)c(CNCCCc2ncc[nH]2)c(C)c1.Cl.Cl. The maximum atomic E-state index is 5.28. The summed E-state index contributed by atoms with van der Waals surface area (Å²) in [6.07, 6.45) is 5.74. The molecule has 22 heavy (non-hydrogen) atoms. The van der Waals surface area contributed by atoms with Gasteiger partial charge in [-0.25, -0.2) is 4.98 Å². The van der Waals surface area contributed by atoms with Crippen molar-refractivity contribution in [1.29, 1.82) is 0 Å². The van der Waals surface area contributed by atoms with Crippen LogP contribution in [0.5, 0.6) is 5.75 Å². The Bertz CT molecular complexity index is 521. The van der Waals surface area contributed by atoms with Gasteiger partial charge in [-0.05, 0) is 55.6 Å². The Morgan fingerprint density at radius 1 is 1.18 bits per heavy atom. The summed E-state index contributed by atoms with van der Waals surface area (Å²) in [6.45, 7) is 6.16. The van der Waals surface area contributed by atoms with Gasteiger partial charge in [0.05, 0.1) is 7.11 Å². The zero-order chi connectivity index (χ0) is 14.4. The van der Waals surface area contributed by atoms with E-state index < -0.39 is 0 Å². The lowest BCUT2D eigenvalue weighted by atomic mass is 10.0. The highest BCUT2D eigenvalue weighted by Gasteiger charge is 2.05. The number of benzene rings is 1. The minimum atomic E-state index is 0. The molecule has 0 fully saturated rings. The van der Waals surface area contributed by atoms with Crippen molar-refractivity contribution in [2.75, 3.05) is 13.7 Å². The number of hydrogen-bond donors (Lipinski definition) is 2. The number of aromatic amines is 1. The molecule has 2 N–H and O–H groups in total. The second-order valence-electron chi connectivity index (χ2n) is 5.06. The van der Waals surface area contributed by atoms with Crippen LogP contribution in [0.15, 0.2) is 24.5 Å². The molecule has 0 spiro atoms. The first kappa shape index (κ1) is 20.8. The maximum Gasteiger partial charge on any atom is 0.119 e. The van der Waals surface area contributed by atoms with E-state index in [1.807, 2.05) is 6.20 Å². The predicted molar refractivity (Wildman–Crippen MR) is 95.6 cm³/mol. The summed E-state index contributed by atoms with van der Waals surface area (Å²) < 4.78 is 5.28. The van der Waals surface area contributed by atoms with Crippen LogP contribution >= 0.6 is 24.8 Å². The Hall–Kier alpha value is -1.23. The van der Waals surface area contributed by atoms with Gasteiger partial charge >= 0.3 is 0 Å². The highest BCUT2D eigenvalue weighted by molar-refractivity contribution is 5.85. The van der Waals surface area contributed by atoms with Crippen LogP contribution in [-0.4, -0.2) is 23.6 Å². The van der Waals surface area contributed by atoms with Crippen LogP contribution in [0.2, 0.25) is 0 Å². The van der Waals surface area contributed by atoms with Crippen molar-refractivity contribution in [3.05, 3.63) is 47.0 Å². The Morgan fingerprint density at radius 2 is 1.86 bits per heavy atom. The first-order valence-corrected chi connectivity index (χ1v) is 7.04. The molecule has 0 amide bonds. The van der Waals surface area contributed by atoms with E-state index >= 15 is 0 Å². The van der Waals surface area contributed by atoms with Gasteiger partial charge in [-0.1, -0.05) is 0 Å². The number of ether oxygens (including phenoxy) is 1. The molecule has 0 aliphatic rings. The van der Waals surface area contributed by atoms with Crippen molar-refractivity contribution < 1.29 is 4.74 Å². The predicted octanol–water partition coefficient (Wildman–Crippen LogP) is 3.60. The smallest absolute Gasteiger partial charge is 0.119 e. The molecule has 4 nitrogen and oxygen atoms in total. The van der Waals surface area contributed by atoms with Crippen LogP contribution in [0.1, 0.15) is 28.9 Å². The zero-order valence-corrected chi connectivity index (χ0v) is 14.9. The zero-order valence-electron chi connectivity index (χ0n) is 13.3. The molecule has 2 aromatic rings. The topological polar surface area (TPSA) is 49.9 Å². The van der Waals surface area contributed by atoms with Crippen LogP contribution in [0.25, 0.3) is 0 Å². The third kappa shape index (κ3) is 5.87. The van der Waals surface area contributed by atoms with E-state index in [4.69, 9.17) is 4.74 Å². The van der Waals surface area contributed by atoms with E-state index in [0.29, 0.717) is 0 Å². The van der Waals surface area contributed by atoms with E-state index in [0.717, 1.165) is 37.5 Å². The maximum absolute atomic E-state index is 5.28. The Labute approximate surface area is 144 Å². The number of halogens is 2. The second-order valence-corrected chi connectivity index (χ2v) is 5.06. The molecule has 6 heteroatoms. The molecule has 0 saturated heterocycles. The number of hydrogen-bond acceptors (Lipinski definition) is 3. The van der Waals surface area contributed by atoms with Crippen LogP contribution in [0, 0.1) is 13.8 Å². The van der Waals surface area contributed by atoms with Gasteiger partial charge in [0.2, 0.25) is 0 Å². The monoisotopic (exact) mass is 345 g/mol. The molecular weight excluding hydrogens is 321 g/mol. The van der Waals surface area contributed by atoms with Crippen molar-refractivity contribution >= 4 is 24.8 Å². The summed E-state index contributed by atoms with van der Waals surface area (Å²) >= 11 is 0. The summed E-state index contributed by atoms with van der Waals surface area (Å²) in [6, 6.07) is 4.18. The minimum absolute atomic E-state index is 0. The van der Waals surface area contributed by atoms with Crippen molar-refractivity contribution in [3.63, 3.8) is 0 Å². The lowest BCUT2D eigenvalue weighted by molar-refractivity contribution is 0.414. The third-order valence-corrected chi connectivity index (χ3v) is 3.53. The number of nitrogens with zero attached hydrogens (tertiary/aromatic N) is 1. The molecule has 1 heterocycles. The lowest BCUT2D eigenvalue weighted by Crippen LogP contribution is -2.17.